The average molecular weight is 385 g/mol. The number of methoxy groups -OCH3 is 2. The molecule has 3 aromatic rings. The van der Waals surface area contributed by atoms with E-state index in [9.17, 15) is 4.39 Å². The summed E-state index contributed by atoms with van der Waals surface area (Å²) in [6.45, 7) is 4.28. The van der Waals surface area contributed by atoms with Crippen molar-refractivity contribution in [2.45, 2.75) is 26.4 Å². The van der Waals surface area contributed by atoms with Crippen LogP contribution in [0.3, 0.4) is 0 Å². The van der Waals surface area contributed by atoms with E-state index in [0.717, 1.165) is 5.56 Å². The molecule has 0 amide bonds. The number of rotatable bonds is 7. The van der Waals surface area contributed by atoms with E-state index < -0.39 is 0 Å². The standard InChI is InChI=1S/C21H24FN3O3/c1-13-9-10-15(11-17(13)22)20-23-21(28-24-20)14(2)25(3)12-16-7-6-8-18(26-4)19(16)27-5/h6-11,14H,12H2,1-5H3. The molecule has 6 nitrogen and oxygen atoms in total. The summed E-state index contributed by atoms with van der Waals surface area (Å²) in [5, 5.41) is 4.00. The average Bonchev–Trinajstić information content (AvgIpc) is 3.19. The Bertz CT molecular complexity index is 958. The lowest BCUT2D eigenvalue weighted by atomic mass is 10.1. The zero-order chi connectivity index (χ0) is 20.3. The van der Waals surface area contributed by atoms with E-state index in [0.29, 0.717) is 40.9 Å². The summed E-state index contributed by atoms with van der Waals surface area (Å²) in [6.07, 6.45) is 0. The number of halogens is 1. The number of aryl methyl sites for hydroxylation is 1. The van der Waals surface area contributed by atoms with Gasteiger partial charge in [0.25, 0.3) is 0 Å². The fourth-order valence-corrected chi connectivity index (χ4v) is 2.93. The molecule has 2 aromatic carbocycles. The molecular weight excluding hydrogens is 361 g/mol. The highest BCUT2D eigenvalue weighted by molar-refractivity contribution is 5.55. The minimum atomic E-state index is -0.292. The van der Waals surface area contributed by atoms with Crippen LogP contribution >= 0.6 is 0 Å². The van der Waals surface area contributed by atoms with E-state index in [-0.39, 0.29) is 11.9 Å². The predicted octanol–water partition coefficient (Wildman–Crippen LogP) is 4.39. The summed E-state index contributed by atoms with van der Waals surface area (Å²) < 4.78 is 30.1. The number of hydrogen-bond donors (Lipinski definition) is 0. The third-order valence-corrected chi connectivity index (χ3v) is 4.79. The van der Waals surface area contributed by atoms with Crippen LogP contribution in [0.25, 0.3) is 11.4 Å². The SMILES string of the molecule is COc1cccc(CN(C)C(C)c2nc(-c3ccc(C)c(F)c3)no2)c1OC. The Labute approximate surface area is 163 Å². The van der Waals surface area contributed by atoms with Gasteiger partial charge in [0.05, 0.1) is 20.3 Å². The molecule has 0 N–H and O–H groups in total. The quantitative estimate of drug-likeness (QED) is 0.601. The molecule has 0 aliphatic rings. The van der Waals surface area contributed by atoms with Gasteiger partial charge in [-0.05, 0) is 38.6 Å². The van der Waals surface area contributed by atoms with Crippen molar-refractivity contribution >= 4 is 0 Å². The van der Waals surface area contributed by atoms with Crippen LogP contribution in [0.15, 0.2) is 40.9 Å². The van der Waals surface area contributed by atoms with Gasteiger partial charge < -0.3 is 14.0 Å². The Morgan fingerprint density at radius 3 is 2.64 bits per heavy atom. The van der Waals surface area contributed by atoms with Gasteiger partial charge in [-0.2, -0.15) is 4.98 Å². The molecule has 0 radical (unpaired) electrons. The first-order valence-corrected chi connectivity index (χ1v) is 8.94. The smallest absolute Gasteiger partial charge is 0.244 e. The monoisotopic (exact) mass is 385 g/mol. The van der Waals surface area contributed by atoms with Gasteiger partial charge in [0.15, 0.2) is 11.5 Å². The van der Waals surface area contributed by atoms with Crippen molar-refractivity contribution in [1.29, 1.82) is 0 Å². The van der Waals surface area contributed by atoms with Crippen LogP contribution in [0.5, 0.6) is 11.5 Å². The van der Waals surface area contributed by atoms with Crippen molar-refractivity contribution in [3.63, 3.8) is 0 Å². The third kappa shape index (κ3) is 3.99. The number of hydrogen-bond acceptors (Lipinski definition) is 6. The van der Waals surface area contributed by atoms with Crippen molar-refractivity contribution in [2.75, 3.05) is 21.3 Å². The van der Waals surface area contributed by atoms with Gasteiger partial charge in [0, 0.05) is 17.7 Å². The first-order chi connectivity index (χ1) is 13.4. The fourth-order valence-electron chi connectivity index (χ4n) is 2.93. The van der Waals surface area contributed by atoms with Crippen LogP contribution in [0.1, 0.15) is 30.0 Å². The third-order valence-electron chi connectivity index (χ3n) is 4.79. The summed E-state index contributed by atoms with van der Waals surface area (Å²) in [5.41, 5.74) is 2.15. The van der Waals surface area contributed by atoms with E-state index in [1.165, 1.54) is 6.07 Å². The normalized spacial score (nSPS) is 12.2. The predicted molar refractivity (Wildman–Crippen MR) is 104 cm³/mol. The summed E-state index contributed by atoms with van der Waals surface area (Å²) in [7, 11) is 5.19. The maximum absolute atomic E-state index is 13.8. The maximum atomic E-state index is 13.8. The second kappa shape index (κ2) is 8.39. The lowest BCUT2D eigenvalue weighted by Crippen LogP contribution is -2.22. The second-order valence-corrected chi connectivity index (χ2v) is 6.66. The van der Waals surface area contributed by atoms with Gasteiger partial charge in [0.1, 0.15) is 5.82 Å². The van der Waals surface area contributed by atoms with Gasteiger partial charge in [0.2, 0.25) is 11.7 Å². The van der Waals surface area contributed by atoms with Crippen molar-refractivity contribution in [3.8, 4) is 22.9 Å². The molecule has 1 unspecified atom stereocenters. The summed E-state index contributed by atoms with van der Waals surface area (Å²) in [4.78, 5) is 6.51. The van der Waals surface area contributed by atoms with Crippen LogP contribution in [-0.4, -0.2) is 36.3 Å². The Hall–Kier alpha value is -2.93. The molecule has 0 aliphatic carbocycles. The fraction of sp³-hybridized carbons (Fsp3) is 0.333. The number of benzene rings is 2. The zero-order valence-electron chi connectivity index (χ0n) is 16.7. The van der Waals surface area contributed by atoms with Crippen molar-refractivity contribution in [2.24, 2.45) is 0 Å². The van der Waals surface area contributed by atoms with Gasteiger partial charge in [-0.25, -0.2) is 4.39 Å². The Kier molecular flexibility index (Phi) is 5.94. The molecule has 0 aliphatic heterocycles. The highest BCUT2D eigenvalue weighted by Crippen LogP contribution is 2.33. The maximum Gasteiger partial charge on any atom is 0.244 e. The molecule has 1 aromatic heterocycles. The number of para-hydroxylation sites is 1. The first-order valence-electron chi connectivity index (χ1n) is 8.94. The van der Waals surface area contributed by atoms with E-state index in [2.05, 4.69) is 15.0 Å². The molecule has 7 heteroatoms. The summed E-state index contributed by atoms with van der Waals surface area (Å²) in [6, 6.07) is 10.5. The molecule has 0 fully saturated rings. The van der Waals surface area contributed by atoms with E-state index in [4.69, 9.17) is 14.0 Å². The number of nitrogens with zero attached hydrogens (tertiary/aromatic N) is 3. The molecule has 148 valence electrons. The molecule has 0 spiro atoms. The minimum absolute atomic E-state index is 0.146. The number of aromatic nitrogens is 2. The van der Waals surface area contributed by atoms with Gasteiger partial charge in [-0.1, -0.05) is 29.4 Å². The van der Waals surface area contributed by atoms with Crippen molar-refractivity contribution in [3.05, 3.63) is 59.2 Å². The molecule has 1 heterocycles. The molecule has 0 saturated carbocycles. The molecular formula is C21H24FN3O3. The Morgan fingerprint density at radius 2 is 1.96 bits per heavy atom. The Morgan fingerprint density at radius 1 is 1.18 bits per heavy atom. The van der Waals surface area contributed by atoms with E-state index >= 15 is 0 Å². The molecule has 1 atom stereocenters. The number of ether oxygens (including phenoxy) is 2. The van der Waals surface area contributed by atoms with Crippen LogP contribution in [0.2, 0.25) is 0 Å². The van der Waals surface area contributed by atoms with E-state index in [1.54, 1.807) is 33.3 Å². The van der Waals surface area contributed by atoms with Crippen molar-refractivity contribution in [1.82, 2.24) is 15.0 Å². The minimum Gasteiger partial charge on any atom is -0.493 e. The highest BCUT2D eigenvalue weighted by atomic mass is 19.1. The summed E-state index contributed by atoms with van der Waals surface area (Å²) >= 11 is 0. The zero-order valence-corrected chi connectivity index (χ0v) is 16.7. The summed E-state index contributed by atoms with van der Waals surface area (Å²) in [5.74, 6) is 1.92. The highest BCUT2D eigenvalue weighted by Gasteiger charge is 2.21. The van der Waals surface area contributed by atoms with Gasteiger partial charge in [-0.15, -0.1) is 0 Å². The Balaban J connectivity index is 1.78. The van der Waals surface area contributed by atoms with Crippen LogP contribution in [0.4, 0.5) is 4.39 Å². The molecule has 28 heavy (non-hydrogen) atoms. The van der Waals surface area contributed by atoms with E-state index in [1.807, 2.05) is 32.2 Å². The van der Waals surface area contributed by atoms with Gasteiger partial charge >= 0.3 is 0 Å². The van der Waals surface area contributed by atoms with Crippen LogP contribution in [0, 0.1) is 12.7 Å². The lowest BCUT2D eigenvalue weighted by Gasteiger charge is -2.23. The molecule has 3 rings (SSSR count). The van der Waals surface area contributed by atoms with Gasteiger partial charge in [-0.3, -0.25) is 4.90 Å². The van der Waals surface area contributed by atoms with Crippen molar-refractivity contribution < 1.29 is 18.4 Å². The molecule has 0 saturated heterocycles. The topological polar surface area (TPSA) is 60.6 Å². The largest absolute Gasteiger partial charge is 0.493 e. The second-order valence-electron chi connectivity index (χ2n) is 6.66. The first kappa shape index (κ1) is 19.8. The van der Waals surface area contributed by atoms with Crippen LogP contribution < -0.4 is 9.47 Å². The molecule has 0 bridgehead atoms. The lowest BCUT2D eigenvalue weighted by molar-refractivity contribution is 0.200. The van der Waals surface area contributed by atoms with Crippen LogP contribution in [-0.2, 0) is 6.54 Å².